The van der Waals surface area contributed by atoms with E-state index in [0.29, 0.717) is 13.0 Å². The zero-order valence-electron chi connectivity index (χ0n) is 9.74. The lowest BCUT2D eigenvalue weighted by molar-refractivity contribution is 0.433. The van der Waals surface area contributed by atoms with Crippen molar-refractivity contribution in [3.8, 4) is 0 Å². The third kappa shape index (κ3) is 2.65. The summed E-state index contributed by atoms with van der Waals surface area (Å²) in [6, 6.07) is 1.07. The normalized spacial score (nSPS) is 16.8. The van der Waals surface area contributed by atoms with Gasteiger partial charge in [-0.3, -0.25) is 0 Å². The van der Waals surface area contributed by atoms with Gasteiger partial charge in [0.2, 0.25) is 10.0 Å². The number of rotatable bonds is 2. The summed E-state index contributed by atoms with van der Waals surface area (Å²) >= 11 is 8.86. The van der Waals surface area contributed by atoms with E-state index in [-0.39, 0.29) is 21.7 Å². The molecule has 1 aromatic rings. The van der Waals surface area contributed by atoms with Gasteiger partial charge < -0.3 is 5.73 Å². The van der Waals surface area contributed by atoms with Crippen LogP contribution in [0.5, 0.6) is 0 Å². The van der Waals surface area contributed by atoms with Gasteiger partial charge in [-0.1, -0.05) is 23.8 Å². The number of anilines is 1. The summed E-state index contributed by atoms with van der Waals surface area (Å²) in [5.41, 5.74) is 5.20. The van der Waals surface area contributed by atoms with E-state index >= 15 is 0 Å². The van der Waals surface area contributed by atoms with Crippen LogP contribution < -0.4 is 5.73 Å². The molecule has 1 aromatic carbocycles. The van der Waals surface area contributed by atoms with E-state index in [1.165, 1.54) is 4.31 Å². The van der Waals surface area contributed by atoms with Crippen LogP contribution in [0.1, 0.15) is 6.42 Å². The van der Waals surface area contributed by atoms with Crippen LogP contribution in [0.4, 0.5) is 10.1 Å². The predicted octanol–water partition coefficient (Wildman–Crippen LogP) is 2.77. The average molecular weight is 370 g/mol. The van der Waals surface area contributed by atoms with Gasteiger partial charge in [0, 0.05) is 13.1 Å². The fourth-order valence-electron chi connectivity index (χ4n) is 1.76. The highest BCUT2D eigenvalue weighted by atomic mass is 79.9. The lowest BCUT2D eigenvalue weighted by Crippen LogP contribution is -2.34. The average Bonchev–Trinajstić information content (AvgIpc) is 2.41. The number of hydrogen-bond acceptors (Lipinski definition) is 3. The van der Waals surface area contributed by atoms with Gasteiger partial charge in [-0.2, -0.15) is 4.31 Å². The Labute approximate surface area is 124 Å². The zero-order valence-corrected chi connectivity index (χ0v) is 12.9. The monoisotopic (exact) mass is 368 g/mol. The largest absolute Gasteiger partial charge is 0.395 e. The van der Waals surface area contributed by atoms with Gasteiger partial charge in [0.1, 0.15) is 4.90 Å². The number of nitrogens with two attached hydrogens (primary N) is 1. The Kier molecular flexibility index (Phi) is 4.20. The Morgan fingerprint density at radius 1 is 1.42 bits per heavy atom. The first-order valence-electron chi connectivity index (χ1n) is 5.44. The second kappa shape index (κ2) is 5.40. The van der Waals surface area contributed by atoms with Crippen LogP contribution in [-0.4, -0.2) is 25.8 Å². The van der Waals surface area contributed by atoms with Gasteiger partial charge in [-0.15, -0.1) is 0 Å². The first-order valence-corrected chi connectivity index (χ1v) is 8.05. The fraction of sp³-hybridized carbons (Fsp3) is 0.273. The van der Waals surface area contributed by atoms with Crippen molar-refractivity contribution in [1.82, 2.24) is 4.31 Å². The van der Waals surface area contributed by atoms with E-state index in [0.717, 1.165) is 6.07 Å². The minimum absolute atomic E-state index is 0.0602. The van der Waals surface area contributed by atoms with Crippen molar-refractivity contribution in [2.75, 3.05) is 18.8 Å². The van der Waals surface area contributed by atoms with Gasteiger partial charge in [-0.25, -0.2) is 12.8 Å². The maximum atomic E-state index is 14.1. The van der Waals surface area contributed by atoms with E-state index in [1.807, 2.05) is 6.08 Å². The van der Waals surface area contributed by atoms with E-state index in [1.54, 1.807) is 6.08 Å². The van der Waals surface area contributed by atoms with Crippen molar-refractivity contribution in [3.05, 3.63) is 33.5 Å². The molecule has 0 fully saturated rings. The molecule has 0 saturated carbocycles. The van der Waals surface area contributed by atoms with Gasteiger partial charge in [0.05, 0.1) is 15.2 Å². The predicted molar refractivity (Wildman–Crippen MR) is 76.0 cm³/mol. The number of benzene rings is 1. The molecule has 8 heteroatoms. The maximum Gasteiger partial charge on any atom is 0.246 e. The van der Waals surface area contributed by atoms with Crippen LogP contribution in [0.2, 0.25) is 5.02 Å². The number of sulfonamides is 1. The lowest BCUT2D eigenvalue weighted by atomic mass is 10.3. The highest BCUT2D eigenvalue weighted by molar-refractivity contribution is 9.10. The number of hydrogen-bond donors (Lipinski definition) is 1. The molecule has 0 aliphatic carbocycles. The molecule has 0 radical (unpaired) electrons. The van der Waals surface area contributed by atoms with Gasteiger partial charge in [-0.05, 0) is 28.4 Å². The summed E-state index contributed by atoms with van der Waals surface area (Å²) in [6.07, 6.45) is 4.20. The zero-order chi connectivity index (χ0) is 14.2. The summed E-state index contributed by atoms with van der Waals surface area (Å²) in [4.78, 5) is -0.492. The Bertz CT molecular complexity index is 649. The molecule has 4 nitrogen and oxygen atoms in total. The van der Waals surface area contributed by atoms with Crippen molar-refractivity contribution in [2.24, 2.45) is 0 Å². The van der Waals surface area contributed by atoms with Crippen LogP contribution in [0, 0.1) is 5.82 Å². The molecule has 0 spiro atoms. The van der Waals surface area contributed by atoms with Gasteiger partial charge in [0.15, 0.2) is 5.82 Å². The molecular formula is C11H11BrClFN2O2S. The SMILES string of the molecule is Nc1c(F)c(S(=O)(=O)N2CC=CCC2)cc(Cl)c1Br. The molecule has 0 amide bonds. The topological polar surface area (TPSA) is 63.4 Å². The third-order valence-electron chi connectivity index (χ3n) is 2.80. The molecule has 2 N–H and O–H groups in total. The van der Waals surface area contributed by atoms with Crippen LogP contribution in [-0.2, 0) is 10.0 Å². The molecule has 1 aliphatic heterocycles. The van der Waals surface area contributed by atoms with Gasteiger partial charge in [0.25, 0.3) is 0 Å². The molecule has 0 bridgehead atoms. The van der Waals surface area contributed by atoms with E-state index in [4.69, 9.17) is 17.3 Å². The quantitative estimate of drug-likeness (QED) is 0.495. The first kappa shape index (κ1) is 14.8. The number of nitrogen functional groups attached to an aromatic ring is 1. The number of nitrogens with zero attached hydrogens (tertiary/aromatic N) is 1. The van der Waals surface area contributed by atoms with Crippen molar-refractivity contribution in [1.29, 1.82) is 0 Å². The first-order chi connectivity index (χ1) is 8.85. The summed E-state index contributed by atoms with van der Waals surface area (Å²) in [6.45, 7) is 0.529. The summed E-state index contributed by atoms with van der Waals surface area (Å²) in [7, 11) is -3.93. The molecule has 1 aliphatic rings. The molecule has 0 unspecified atom stereocenters. The van der Waals surface area contributed by atoms with Crippen LogP contribution in [0.25, 0.3) is 0 Å². The summed E-state index contributed by atoms with van der Waals surface area (Å²) in [5, 5.41) is 0.0602. The third-order valence-corrected chi connectivity index (χ3v) is 6.04. The van der Waals surface area contributed by atoms with Crippen molar-refractivity contribution >= 4 is 43.2 Å². The standard InChI is InChI=1S/C11H11BrClFN2O2S/c12-9-7(13)6-8(10(14)11(9)15)19(17,18)16-4-2-1-3-5-16/h1-2,6H,3-5,15H2. The highest BCUT2D eigenvalue weighted by Gasteiger charge is 2.30. The van der Waals surface area contributed by atoms with Crippen molar-refractivity contribution in [3.63, 3.8) is 0 Å². The molecular weight excluding hydrogens is 359 g/mol. The molecule has 19 heavy (non-hydrogen) atoms. The smallest absolute Gasteiger partial charge is 0.246 e. The van der Waals surface area contributed by atoms with Gasteiger partial charge >= 0.3 is 0 Å². The number of halogens is 3. The molecule has 0 saturated heterocycles. The molecule has 1 heterocycles. The minimum Gasteiger partial charge on any atom is -0.395 e. The van der Waals surface area contributed by atoms with Crippen LogP contribution in [0.3, 0.4) is 0 Å². The van der Waals surface area contributed by atoms with E-state index < -0.39 is 20.7 Å². The van der Waals surface area contributed by atoms with Crippen LogP contribution >= 0.6 is 27.5 Å². The summed E-state index contributed by atoms with van der Waals surface area (Å²) < 4.78 is 40.1. The van der Waals surface area contributed by atoms with Crippen molar-refractivity contribution < 1.29 is 12.8 Å². The second-order valence-corrected chi connectivity index (χ2v) is 7.13. The Morgan fingerprint density at radius 3 is 2.68 bits per heavy atom. The van der Waals surface area contributed by atoms with E-state index in [2.05, 4.69) is 15.9 Å². The molecule has 2 rings (SSSR count). The lowest BCUT2D eigenvalue weighted by Gasteiger charge is -2.23. The molecule has 0 aromatic heterocycles. The minimum atomic E-state index is -3.93. The Balaban J connectivity index is 2.55. The summed E-state index contributed by atoms with van der Waals surface area (Å²) in [5.74, 6) is -0.981. The Morgan fingerprint density at radius 2 is 2.11 bits per heavy atom. The second-order valence-electron chi connectivity index (χ2n) is 4.02. The fourth-order valence-corrected chi connectivity index (χ4v) is 3.84. The molecule has 0 atom stereocenters. The van der Waals surface area contributed by atoms with Crippen molar-refractivity contribution in [2.45, 2.75) is 11.3 Å². The van der Waals surface area contributed by atoms with Crippen LogP contribution in [0.15, 0.2) is 27.6 Å². The Hall–Kier alpha value is -0.630. The maximum absolute atomic E-state index is 14.1. The highest BCUT2D eigenvalue weighted by Crippen LogP contribution is 2.35. The van der Waals surface area contributed by atoms with E-state index in [9.17, 15) is 12.8 Å². The molecule has 104 valence electrons.